The zero-order valence-corrected chi connectivity index (χ0v) is 11.3. The summed E-state index contributed by atoms with van der Waals surface area (Å²) in [7, 11) is 4.37. The maximum atomic E-state index is 10.8. The molecule has 1 aromatic rings. The van der Waals surface area contributed by atoms with Gasteiger partial charge in [-0.05, 0) is 13.0 Å². The topological polar surface area (TPSA) is 87.9 Å². The first-order chi connectivity index (χ1) is 9.05. The minimum Gasteiger partial charge on any atom is -0.493 e. The second kappa shape index (κ2) is 8.87. The molecule has 0 atom stereocenters. The Morgan fingerprint density at radius 2 is 1.68 bits per heavy atom. The van der Waals surface area contributed by atoms with E-state index in [1.54, 1.807) is 6.07 Å². The summed E-state index contributed by atoms with van der Waals surface area (Å²) < 4.78 is 14.9. The monoisotopic (exact) mass is 271 g/mol. The lowest BCUT2D eigenvalue weighted by atomic mass is 10.1. The number of nitrogens with zero attached hydrogens (tertiary/aromatic N) is 1. The van der Waals surface area contributed by atoms with Crippen LogP contribution in [0.15, 0.2) is 12.1 Å². The number of benzene rings is 1. The van der Waals surface area contributed by atoms with Gasteiger partial charge in [0.25, 0.3) is 5.69 Å². The Hall–Kier alpha value is -2.15. The van der Waals surface area contributed by atoms with Crippen molar-refractivity contribution in [3.05, 3.63) is 27.8 Å². The van der Waals surface area contributed by atoms with Gasteiger partial charge in [-0.15, -0.1) is 0 Å². The smallest absolute Gasteiger partial charge is 0.278 e. The number of nitro groups is 1. The van der Waals surface area contributed by atoms with E-state index in [0.29, 0.717) is 17.1 Å². The fourth-order valence-corrected chi connectivity index (χ4v) is 1.35. The van der Waals surface area contributed by atoms with Crippen LogP contribution in [0.1, 0.15) is 12.5 Å². The Morgan fingerprint density at radius 3 is 2.05 bits per heavy atom. The van der Waals surface area contributed by atoms with E-state index >= 15 is 0 Å². The Morgan fingerprint density at radius 1 is 1.21 bits per heavy atom. The third-order valence-electron chi connectivity index (χ3n) is 2.08. The molecule has 0 amide bonds. The molecular formula is C12H17NO6. The van der Waals surface area contributed by atoms with Crippen molar-refractivity contribution >= 4 is 12.0 Å². The molecule has 0 saturated carbocycles. The first-order valence-corrected chi connectivity index (χ1v) is 5.33. The van der Waals surface area contributed by atoms with Gasteiger partial charge in [-0.1, -0.05) is 0 Å². The summed E-state index contributed by atoms with van der Waals surface area (Å²) in [5.41, 5.74) is 0.407. The highest BCUT2D eigenvalue weighted by atomic mass is 16.6. The third-order valence-corrected chi connectivity index (χ3v) is 2.08. The van der Waals surface area contributed by atoms with Crippen molar-refractivity contribution in [2.45, 2.75) is 13.5 Å². The van der Waals surface area contributed by atoms with Gasteiger partial charge in [-0.3, -0.25) is 10.1 Å². The minimum absolute atomic E-state index is 0.0421. The van der Waals surface area contributed by atoms with Crippen LogP contribution >= 0.6 is 0 Å². The molecule has 0 heterocycles. The molecule has 0 aliphatic rings. The summed E-state index contributed by atoms with van der Waals surface area (Å²) in [4.78, 5) is 19.1. The summed E-state index contributed by atoms with van der Waals surface area (Å²) in [5, 5.41) is 10.8. The molecule has 0 saturated heterocycles. The Bertz CT molecular complexity index is 432. The largest absolute Gasteiger partial charge is 0.493 e. The zero-order valence-electron chi connectivity index (χ0n) is 11.3. The quantitative estimate of drug-likeness (QED) is 0.462. The van der Waals surface area contributed by atoms with Gasteiger partial charge in [0.05, 0.1) is 37.4 Å². The molecule has 0 aliphatic carbocycles. The summed E-state index contributed by atoms with van der Waals surface area (Å²) >= 11 is 0. The number of carbonyl (C=O) groups excluding carboxylic acids is 1. The lowest BCUT2D eigenvalue weighted by Crippen LogP contribution is -2.00. The SMILES string of the molecule is CC=O.COCc1cc(OC)c(OC)cc1[N+](=O)[O-]. The van der Waals surface area contributed by atoms with E-state index in [-0.39, 0.29) is 12.3 Å². The van der Waals surface area contributed by atoms with Crippen LogP contribution in [0.4, 0.5) is 5.69 Å². The van der Waals surface area contributed by atoms with E-state index in [0.717, 1.165) is 6.29 Å². The molecule has 1 aromatic carbocycles. The minimum atomic E-state index is -0.476. The van der Waals surface area contributed by atoms with Crippen LogP contribution in [0.5, 0.6) is 11.5 Å². The van der Waals surface area contributed by atoms with Crippen molar-refractivity contribution in [3.8, 4) is 11.5 Å². The van der Waals surface area contributed by atoms with Gasteiger partial charge < -0.3 is 19.0 Å². The molecule has 7 nitrogen and oxygen atoms in total. The molecule has 0 N–H and O–H groups in total. The normalized spacial score (nSPS) is 9.05. The van der Waals surface area contributed by atoms with E-state index in [1.807, 2.05) is 0 Å². The van der Waals surface area contributed by atoms with Crippen LogP contribution in [-0.2, 0) is 16.1 Å². The number of carbonyl (C=O) groups is 1. The summed E-state index contributed by atoms with van der Waals surface area (Å²) in [6, 6.07) is 2.87. The average molecular weight is 271 g/mol. The van der Waals surface area contributed by atoms with Crippen LogP contribution < -0.4 is 9.47 Å². The molecule has 0 spiro atoms. The fourth-order valence-electron chi connectivity index (χ4n) is 1.35. The van der Waals surface area contributed by atoms with E-state index in [2.05, 4.69) is 0 Å². The van der Waals surface area contributed by atoms with Crippen molar-refractivity contribution in [1.29, 1.82) is 0 Å². The van der Waals surface area contributed by atoms with Crippen molar-refractivity contribution in [2.75, 3.05) is 21.3 Å². The number of hydrogen-bond acceptors (Lipinski definition) is 6. The van der Waals surface area contributed by atoms with Gasteiger partial charge in [0.15, 0.2) is 11.5 Å². The zero-order chi connectivity index (χ0) is 14.8. The lowest BCUT2D eigenvalue weighted by Gasteiger charge is -2.09. The van der Waals surface area contributed by atoms with Gasteiger partial charge in [0.1, 0.15) is 6.29 Å². The second-order valence-corrected chi connectivity index (χ2v) is 3.26. The molecule has 0 aliphatic heterocycles. The van der Waals surface area contributed by atoms with E-state index in [1.165, 1.54) is 34.3 Å². The van der Waals surface area contributed by atoms with Crippen molar-refractivity contribution in [1.82, 2.24) is 0 Å². The highest BCUT2D eigenvalue weighted by Gasteiger charge is 2.18. The van der Waals surface area contributed by atoms with Crippen molar-refractivity contribution in [3.63, 3.8) is 0 Å². The molecule has 0 fully saturated rings. The highest BCUT2D eigenvalue weighted by molar-refractivity contribution is 5.54. The average Bonchev–Trinajstić information content (AvgIpc) is 2.39. The first kappa shape index (κ1) is 16.9. The third kappa shape index (κ3) is 4.92. The second-order valence-electron chi connectivity index (χ2n) is 3.26. The maximum absolute atomic E-state index is 10.8. The Labute approximate surface area is 111 Å². The molecule has 0 unspecified atom stereocenters. The lowest BCUT2D eigenvalue weighted by molar-refractivity contribution is -0.386. The van der Waals surface area contributed by atoms with Gasteiger partial charge in [0, 0.05) is 7.11 Å². The van der Waals surface area contributed by atoms with E-state index < -0.39 is 4.92 Å². The maximum Gasteiger partial charge on any atom is 0.278 e. The van der Waals surface area contributed by atoms with Crippen LogP contribution in [0.25, 0.3) is 0 Å². The molecule has 1 rings (SSSR count). The summed E-state index contributed by atoms with van der Waals surface area (Å²) in [5.74, 6) is 0.772. The van der Waals surface area contributed by atoms with E-state index in [9.17, 15) is 10.1 Å². The molecule has 7 heteroatoms. The van der Waals surface area contributed by atoms with Crippen molar-refractivity contribution in [2.24, 2.45) is 0 Å². The van der Waals surface area contributed by atoms with Crippen LogP contribution in [0.2, 0.25) is 0 Å². The number of methoxy groups -OCH3 is 3. The summed E-state index contributed by atoms with van der Waals surface area (Å²) in [6.07, 6.45) is 0.750. The molecule has 106 valence electrons. The Balaban J connectivity index is 0.000000982. The predicted molar refractivity (Wildman–Crippen MR) is 68.7 cm³/mol. The molecule has 0 radical (unpaired) electrons. The molecule has 0 aromatic heterocycles. The number of aldehydes is 1. The number of hydrogen-bond donors (Lipinski definition) is 0. The van der Waals surface area contributed by atoms with Crippen LogP contribution in [0.3, 0.4) is 0 Å². The molecular weight excluding hydrogens is 254 g/mol. The highest BCUT2D eigenvalue weighted by Crippen LogP contribution is 2.34. The molecule has 19 heavy (non-hydrogen) atoms. The standard InChI is InChI=1S/C10H13NO5.C2H4O/c1-14-6-7-4-9(15-2)10(16-3)5-8(7)11(12)13;1-2-3/h4-5H,6H2,1-3H3;2H,1H3. The predicted octanol–water partition coefficient (Wildman–Crippen LogP) is 1.96. The van der Waals surface area contributed by atoms with Gasteiger partial charge in [-0.2, -0.15) is 0 Å². The molecule has 0 bridgehead atoms. The Kier molecular flexibility index (Phi) is 7.87. The van der Waals surface area contributed by atoms with Crippen LogP contribution in [0, 0.1) is 10.1 Å². The van der Waals surface area contributed by atoms with Gasteiger partial charge >= 0.3 is 0 Å². The number of nitro benzene ring substituents is 1. The van der Waals surface area contributed by atoms with E-state index in [4.69, 9.17) is 19.0 Å². The first-order valence-electron chi connectivity index (χ1n) is 5.33. The van der Waals surface area contributed by atoms with Gasteiger partial charge in [0.2, 0.25) is 0 Å². The van der Waals surface area contributed by atoms with Crippen molar-refractivity contribution < 1.29 is 23.9 Å². The number of ether oxygens (including phenoxy) is 3. The fraction of sp³-hybridized carbons (Fsp3) is 0.417. The van der Waals surface area contributed by atoms with Gasteiger partial charge in [-0.25, -0.2) is 0 Å². The summed E-state index contributed by atoms with van der Waals surface area (Å²) in [6.45, 7) is 1.59. The number of rotatable bonds is 5. The van der Waals surface area contributed by atoms with Crippen LogP contribution in [-0.4, -0.2) is 32.5 Å².